The fraction of sp³-hybridized carbons (Fsp3) is 0.474. The van der Waals surface area contributed by atoms with Crippen LogP contribution >= 0.6 is 23.8 Å². The third-order valence-electron chi connectivity index (χ3n) is 4.27. The lowest BCUT2D eigenvalue weighted by atomic mass is 10.1. The van der Waals surface area contributed by atoms with Crippen molar-refractivity contribution in [2.75, 3.05) is 11.9 Å². The number of rotatable bonds is 8. The minimum absolute atomic E-state index is 0.304. The zero-order chi connectivity index (χ0) is 20.7. The van der Waals surface area contributed by atoms with E-state index in [4.69, 9.17) is 23.8 Å². The average Bonchev–Trinajstić information content (AvgIpc) is 2.93. The molecule has 0 radical (unpaired) electrons. The predicted molar refractivity (Wildman–Crippen MR) is 111 cm³/mol. The molecule has 2 aromatic rings. The smallest absolute Gasteiger partial charge is 0.362 e. The predicted octanol–water partition coefficient (Wildman–Crippen LogP) is 5.58. The summed E-state index contributed by atoms with van der Waals surface area (Å²) in [5, 5.41) is 9.84. The number of thiocarbonyl (C=S) groups is 1. The number of hydrogen-bond acceptors (Lipinski definition) is 2. The van der Waals surface area contributed by atoms with E-state index in [-0.39, 0.29) is 5.02 Å². The summed E-state index contributed by atoms with van der Waals surface area (Å²) in [5.74, 6) is 0. The van der Waals surface area contributed by atoms with E-state index in [0.717, 1.165) is 24.9 Å². The number of benzene rings is 1. The third-order valence-corrected chi connectivity index (χ3v) is 4.96. The molecule has 1 heterocycles. The van der Waals surface area contributed by atoms with Crippen LogP contribution in [0.3, 0.4) is 0 Å². The molecule has 0 fully saturated rings. The summed E-state index contributed by atoms with van der Waals surface area (Å²) >= 11 is 11.0. The Hall–Kier alpha value is -1.80. The monoisotopic (exact) mass is 432 g/mol. The van der Waals surface area contributed by atoms with Gasteiger partial charge in [-0.3, -0.25) is 4.68 Å². The van der Waals surface area contributed by atoms with Gasteiger partial charge in [0.1, 0.15) is 0 Å². The Morgan fingerprint density at radius 1 is 1.21 bits per heavy atom. The number of nitrogens with one attached hydrogen (secondary N) is 2. The van der Waals surface area contributed by atoms with Crippen molar-refractivity contribution in [1.29, 1.82) is 0 Å². The van der Waals surface area contributed by atoms with Crippen LogP contribution < -0.4 is 10.6 Å². The van der Waals surface area contributed by atoms with Gasteiger partial charge in [0.15, 0.2) is 10.8 Å². The summed E-state index contributed by atoms with van der Waals surface area (Å²) in [7, 11) is 0. The largest absolute Gasteiger partial charge is 0.436 e. The fourth-order valence-corrected chi connectivity index (χ4v) is 3.13. The van der Waals surface area contributed by atoms with Gasteiger partial charge in [-0.15, -0.1) is 0 Å². The summed E-state index contributed by atoms with van der Waals surface area (Å²) in [4.78, 5) is 0. The van der Waals surface area contributed by atoms with E-state index >= 15 is 0 Å². The van der Waals surface area contributed by atoms with Crippen LogP contribution in [0, 0.1) is 6.92 Å². The van der Waals surface area contributed by atoms with Crippen molar-refractivity contribution in [3.63, 3.8) is 0 Å². The molecule has 0 aliphatic rings. The van der Waals surface area contributed by atoms with Crippen molar-refractivity contribution in [1.82, 2.24) is 15.1 Å². The molecule has 4 nitrogen and oxygen atoms in total. The first-order valence-electron chi connectivity index (χ1n) is 9.16. The maximum Gasteiger partial charge on any atom is 0.436 e. The molecule has 1 aromatic carbocycles. The number of anilines is 1. The van der Waals surface area contributed by atoms with Crippen LogP contribution in [0.15, 0.2) is 24.3 Å². The van der Waals surface area contributed by atoms with Crippen LogP contribution in [0.1, 0.15) is 43.1 Å². The molecule has 0 bridgehead atoms. The minimum Gasteiger partial charge on any atom is -0.362 e. The average molecular weight is 433 g/mol. The highest BCUT2D eigenvalue weighted by molar-refractivity contribution is 7.80. The molecule has 2 rings (SSSR count). The number of unbranched alkanes of at least 4 members (excludes halogenated alkanes) is 1. The molecule has 0 aliphatic heterocycles. The maximum absolute atomic E-state index is 12.8. The van der Waals surface area contributed by atoms with E-state index in [0.29, 0.717) is 30.3 Å². The summed E-state index contributed by atoms with van der Waals surface area (Å²) in [5.41, 5.74) is 1.44. The molecule has 154 valence electrons. The lowest BCUT2D eigenvalue weighted by Crippen LogP contribution is -2.29. The van der Waals surface area contributed by atoms with Gasteiger partial charge in [-0.05, 0) is 56.1 Å². The lowest BCUT2D eigenvalue weighted by molar-refractivity contribution is -0.141. The second-order valence-corrected chi connectivity index (χ2v) is 7.29. The summed E-state index contributed by atoms with van der Waals surface area (Å²) in [6.07, 6.45) is -0.614. The van der Waals surface area contributed by atoms with E-state index in [9.17, 15) is 13.2 Å². The minimum atomic E-state index is -4.55. The van der Waals surface area contributed by atoms with Gasteiger partial charge in [0.25, 0.3) is 0 Å². The van der Waals surface area contributed by atoms with Crippen LogP contribution in [0.25, 0.3) is 0 Å². The Balaban J connectivity index is 1.77. The van der Waals surface area contributed by atoms with Crippen LogP contribution in [-0.2, 0) is 19.1 Å². The number of alkyl halides is 3. The molecule has 0 unspecified atom stereocenters. The van der Waals surface area contributed by atoms with Gasteiger partial charge in [-0.25, -0.2) is 0 Å². The molecule has 0 amide bonds. The van der Waals surface area contributed by atoms with Crippen molar-refractivity contribution < 1.29 is 13.2 Å². The van der Waals surface area contributed by atoms with Gasteiger partial charge in [0, 0.05) is 18.8 Å². The highest BCUT2D eigenvalue weighted by Crippen LogP contribution is 2.35. The molecule has 0 aliphatic carbocycles. The summed E-state index contributed by atoms with van der Waals surface area (Å²) in [6, 6.07) is 8.10. The van der Waals surface area contributed by atoms with E-state index in [1.165, 1.54) is 17.2 Å². The Kier molecular flexibility index (Phi) is 8.12. The molecule has 1 aromatic heterocycles. The quantitative estimate of drug-likeness (QED) is 0.422. The molecule has 28 heavy (non-hydrogen) atoms. The molecule has 0 saturated carbocycles. The first-order valence-corrected chi connectivity index (χ1v) is 9.95. The molecule has 0 spiro atoms. The van der Waals surface area contributed by atoms with Crippen molar-refractivity contribution in [3.8, 4) is 0 Å². The summed E-state index contributed by atoms with van der Waals surface area (Å²) < 4.78 is 39.8. The van der Waals surface area contributed by atoms with E-state index in [2.05, 4.69) is 34.8 Å². The molecule has 0 saturated heterocycles. The first-order chi connectivity index (χ1) is 13.2. The highest BCUT2D eigenvalue weighted by atomic mass is 35.5. The van der Waals surface area contributed by atoms with Crippen LogP contribution in [0.4, 0.5) is 18.9 Å². The molecular weight excluding hydrogens is 409 g/mol. The zero-order valence-electron chi connectivity index (χ0n) is 15.9. The Morgan fingerprint density at radius 3 is 2.46 bits per heavy atom. The Morgan fingerprint density at radius 2 is 1.89 bits per heavy atom. The Labute approximate surface area is 173 Å². The lowest BCUT2D eigenvalue weighted by Gasteiger charge is -2.11. The number of halogens is 4. The van der Waals surface area contributed by atoms with Crippen LogP contribution in [0.2, 0.25) is 5.02 Å². The van der Waals surface area contributed by atoms with Crippen molar-refractivity contribution >= 4 is 34.6 Å². The van der Waals surface area contributed by atoms with E-state index < -0.39 is 11.9 Å². The number of nitrogens with zero attached hydrogens (tertiary/aromatic N) is 2. The Bertz CT molecular complexity index is 788. The summed E-state index contributed by atoms with van der Waals surface area (Å²) in [6.45, 7) is 4.49. The highest BCUT2D eigenvalue weighted by Gasteiger charge is 2.38. The van der Waals surface area contributed by atoms with Crippen LogP contribution in [0.5, 0.6) is 0 Å². The second-order valence-electron chi connectivity index (χ2n) is 6.50. The van der Waals surface area contributed by atoms with Gasteiger partial charge < -0.3 is 10.6 Å². The number of hydrogen-bond donors (Lipinski definition) is 2. The van der Waals surface area contributed by atoms with Gasteiger partial charge in [-0.2, -0.15) is 18.3 Å². The van der Waals surface area contributed by atoms with Crippen LogP contribution in [-0.4, -0.2) is 21.4 Å². The van der Waals surface area contributed by atoms with E-state index in [1.54, 1.807) is 0 Å². The maximum atomic E-state index is 12.8. The topological polar surface area (TPSA) is 41.9 Å². The standard InChI is InChI=1S/C19H24ClF3N4S/c1-3-4-6-14-7-9-15(10-8-14)25-18(28)24-11-5-12-27-13(2)16(20)17(26-27)19(21,22)23/h7-10H,3-6,11-12H2,1-2H3,(H2,24,25,28). The molecule has 0 atom stereocenters. The second kappa shape index (κ2) is 10.1. The SMILES string of the molecule is CCCCc1ccc(NC(=S)NCCCn2nc(C(F)(F)F)c(Cl)c2C)cc1. The van der Waals surface area contributed by atoms with Gasteiger partial charge in [0.05, 0.1) is 10.7 Å². The van der Waals surface area contributed by atoms with Crippen molar-refractivity contribution in [3.05, 3.63) is 46.2 Å². The first kappa shape index (κ1) is 22.5. The van der Waals surface area contributed by atoms with Gasteiger partial charge in [-0.1, -0.05) is 37.1 Å². The molecular formula is C19H24ClF3N4S. The normalized spacial score (nSPS) is 11.5. The zero-order valence-corrected chi connectivity index (χ0v) is 17.4. The van der Waals surface area contributed by atoms with Crippen molar-refractivity contribution in [2.24, 2.45) is 0 Å². The number of aromatic nitrogens is 2. The molecule has 2 N–H and O–H groups in total. The van der Waals surface area contributed by atoms with Crippen molar-refractivity contribution in [2.45, 2.75) is 52.3 Å². The number of aryl methyl sites for hydroxylation is 2. The third kappa shape index (κ3) is 6.38. The van der Waals surface area contributed by atoms with Gasteiger partial charge >= 0.3 is 6.18 Å². The molecule has 9 heteroatoms. The fourth-order valence-electron chi connectivity index (χ4n) is 2.66. The van der Waals surface area contributed by atoms with Gasteiger partial charge in [0.2, 0.25) is 0 Å². The van der Waals surface area contributed by atoms with E-state index in [1.807, 2.05) is 12.1 Å².